The van der Waals surface area contributed by atoms with E-state index in [1.54, 1.807) is 0 Å². The van der Waals surface area contributed by atoms with E-state index in [-0.39, 0.29) is 11.5 Å². The van der Waals surface area contributed by atoms with Crippen LogP contribution in [0.15, 0.2) is 12.1 Å². The summed E-state index contributed by atoms with van der Waals surface area (Å²) in [6.07, 6.45) is 2.40. The van der Waals surface area contributed by atoms with Crippen molar-refractivity contribution in [2.75, 3.05) is 17.6 Å². The molecule has 6 N–H and O–H groups in total. The van der Waals surface area contributed by atoms with Gasteiger partial charge < -0.3 is 22.1 Å². The second kappa shape index (κ2) is 6.00. The van der Waals surface area contributed by atoms with Gasteiger partial charge >= 0.3 is 0 Å². The van der Waals surface area contributed by atoms with Gasteiger partial charge in [0.2, 0.25) is 5.91 Å². The van der Waals surface area contributed by atoms with Crippen LogP contribution < -0.4 is 22.1 Å². The number of nitrogen functional groups attached to an aromatic ring is 1. The van der Waals surface area contributed by atoms with E-state index in [0.717, 1.165) is 12.8 Å². The van der Waals surface area contributed by atoms with Crippen molar-refractivity contribution in [1.29, 1.82) is 0 Å². The molecule has 7 heteroatoms. The highest BCUT2D eigenvalue weighted by Crippen LogP contribution is 2.29. The van der Waals surface area contributed by atoms with Crippen molar-refractivity contribution in [3.63, 3.8) is 0 Å². The number of hydrogen-bond acceptors (Lipinski definition) is 4. The predicted molar refractivity (Wildman–Crippen MR) is 78.7 cm³/mol. The maximum absolute atomic E-state index is 11.5. The van der Waals surface area contributed by atoms with Gasteiger partial charge in [-0.1, -0.05) is 11.6 Å². The molecule has 0 unspecified atom stereocenters. The van der Waals surface area contributed by atoms with Crippen molar-refractivity contribution in [2.45, 2.75) is 25.3 Å². The van der Waals surface area contributed by atoms with Gasteiger partial charge in [0.25, 0.3) is 5.91 Å². The maximum Gasteiger partial charge on any atom is 0.250 e. The molecule has 1 aromatic rings. The fourth-order valence-electron chi connectivity index (χ4n) is 1.83. The predicted octanol–water partition coefficient (Wildman–Crippen LogP) is 1.10. The Labute approximate surface area is 121 Å². The van der Waals surface area contributed by atoms with Crippen LogP contribution in [0.3, 0.4) is 0 Å². The van der Waals surface area contributed by atoms with Crippen LogP contribution in [0.2, 0.25) is 5.02 Å². The smallest absolute Gasteiger partial charge is 0.250 e. The third-order valence-electron chi connectivity index (χ3n) is 2.97. The summed E-state index contributed by atoms with van der Waals surface area (Å²) < 4.78 is 0. The SMILES string of the molecule is NC(=O)c1cc(N)cc(Cl)c1NCCC(=O)NC1CC1. The van der Waals surface area contributed by atoms with Crippen LogP contribution in [0, 0.1) is 0 Å². The highest BCUT2D eigenvalue weighted by atomic mass is 35.5. The molecule has 6 nitrogen and oxygen atoms in total. The number of rotatable bonds is 6. The summed E-state index contributed by atoms with van der Waals surface area (Å²) in [5.74, 6) is -0.642. The van der Waals surface area contributed by atoms with E-state index in [0.29, 0.717) is 35.4 Å². The highest BCUT2D eigenvalue weighted by Gasteiger charge is 2.22. The topological polar surface area (TPSA) is 110 Å². The second-order valence-electron chi connectivity index (χ2n) is 4.81. The molecule has 1 saturated carbocycles. The Kier molecular flexibility index (Phi) is 4.34. The largest absolute Gasteiger partial charge is 0.399 e. The lowest BCUT2D eigenvalue weighted by Crippen LogP contribution is -2.27. The zero-order chi connectivity index (χ0) is 14.7. The number of carbonyl (C=O) groups is 2. The molecular formula is C13H17ClN4O2. The van der Waals surface area contributed by atoms with E-state index in [9.17, 15) is 9.59 Å². The third-order valence-corrected chi connectivity index (χ3v) is 3.27. The number of anilines is 2. The molecule has 0 aromatic heterocycles. The number of primary amides is 1. The van der Waals surface area contributed by atoms with Crippen molar-refractivity contribution in [3.8, 4) is 0 Å². The van der Waals surface area contributed by atoms with Crippen LogP contribution in [0.1, 0.15) is 29.6 Å². The van der Waals surface area contributed by atoms with Crippen LogP contribution in [0.4, 0.5) is 11.4 Å². The second-order valence-corrected chi connectivity index (χ2v) is 5.22. The fraction of sp³-hybridized carbons (Fsp3) is 0.385. The number of benzene rings is 1. The summed E-state index contributed by atoms with van der Waals surface area (Å²) in [7, 11) is 0. The standard InChI is InChI=1S/C13H17ClN4O2/c14-10-6-7(15)5-9(13(16)20)12(10)17-4-3-11(19)18-8-1-2-8/h5-6,8,17H,1-4,15H2,(H2,16,20)(H,18,19). The number of halogens is 1. The molecule has 0 atom stereocenters. The zero-order valence-corrected chi connectivity index (χ0v) is 11.7. The summed E-state index contributed by atoms with van der Waals surface area (Å²) in [6.45, 7) is 0.364. The summed E-state index contributed by atoms with van der Waals surface area (Å²) >= 11 is 6.04. The summed E-state index contributed by atoms with van der Waals surface area (Å²) in [6, 6.07) is 3.32. The molecule has 1 aliphatic carbocycles. The number of amides is 2. The van der Waals surface area contributed by atoms with Gasteiger partial charge in [0, 0.05) is 24.7 Å². The van der Waals surface area contributed by atoms with Crippen LogP contribution >= 0.6 is 11.6 Å². The molecule has 1 fully saturated rings. The van der Waals surface area contributed by atoms with E-state index in [2.05, 4.69) is 10.6 Å². The Morgan fingerprint density at radius 2 is 2.05 bits per heavy atom. The summed E-state index contributed by atoms with van der Waals surface area (Å²) in [4.78, 5) is 22.9. The molecule has 0 spiro atoms. The molecule has 0 radical (unpaired) electrons. The average molecular weight is 297 g/mol. The molecule has 2 rings (SSSR count). The van der Waals surface area contributed by atoms with Crippen molar-refractivity contribution < 1.29 is 9.59 Å². The van der Waals surface area contributed by atoms with Gasteiger partial charge in [-0.15, -0.1) is 0 Å². The van der Waals surface area contributed by atoms with Crippen LogP contribution in [-0.2, 0) is 4.79 Å². The molecule has 0 saturated heterocycles. The van der Waals surface area contributed by atoms with Crippen molar-refractivity contribution >= 4 is 34.8 Å². The Hall–Kier alpha value is -1.95. The van der Waals surface area contributed by atoms with Gasteiger partial charge in [0.1, 0.15) is 0 Å². The zero-order valence-electron chi connectivity index (χ0n) is 10.9. The van der Waals surface area contributed by atoms with Crippen molar-refractivity contribution in [2.24, 2.45) is 5.73 Å². The molecule has 108 valence electrons. The van der Waals surface area contributed by atoms with E-state index < -0.39 is 5.91 Å². The molecule has 1 aliphatic rings. The first-order valence-corrected chi connectivity index (χ1v) is 6.77. The van der Waals surface area contributed by atoms with E-state index in [4.69, 9.17) is 23.1 Å². The number of hydrogen-bond donors (Lipinski definition) is 4. The van der Waals surface area contributed by atoms with Crippen molar-refractivity contribution in [1.82, 2.24) is 5.32 Å². The van der Waals surface area contributed by atoms with Crippen LogP contribution in [0.25, 0.3) is 0 Å². The third kappa shape index (κ3) is 3.77. The Bertz CT molecular complexity index is 543. The molecular weight excluding hydrogens is 280 g/mol. The minimum Gasteiger partial charge on any atom is -0.399 e. The first-order valence-electron chi connectivity index (χ1n) is 6.39. The van der Waals surface area contributed by atoms with Crippen LogP contribution in [-0.4, -0.2) is 24.4 Å². The molecule has 0 heterocycles. The summed E-state index contributed by atoms with van der Waals surface area (Å²) in [5.41, 5.74) is 11.9. The van der Waals surface area contributed by atoms with Crippen molar-refractivity contribution in [3.05, 3.63) is 22.7 Å². The number of nitrogens with one attached hydrogen (secondary N) is 2. The summed E-state index contributed by atoms with van der Waals surface area (Å²) in [5, 5.41) is 6.15. The number of nitrogens with two attached hydrogens (primary N) is 2. The molecule has 1 aromatic carbocycles. The molecule has 0 bridgehead atoms. The monoisotopic (exact) mass is 296 g/mol. The lowest BCUT2D eigenvalue weighted by molar-refractivity contribution is -0.120. The lowest BCUT2D eigenvalue weighted by atomic mass is 10.1. The van der Waals surface area contributed by atoms with Gasteiger partial charge in [0.05, 0.1) is 16.3 Å². The Morgan fingerprint density at radius 1 is 1.35 bits per heavy atom. The highest BCUT2D eigenvalue weighted by molar-refractivity contribution is 6.34. The lowest BCUT2D eigenvalue weighted by Gasteiger charge is -2.13. The maximum atomic E-state index is 11.5. The molecule has 20 heavy (non-hydrogen) atoms. The van der Waals surface area contributed by atoms with E-state index >= 15 is 0 Å². The first-order chi connectivity index (χ1) is 9.47. The molecule has 0 aliphatic heterocycles. The average Bonchev–Trinajstić information content (AvgIpc) is 3.14. The van der Waals surface area contributed by atoms with E-state index in [1.807, 2.05) is 0 Å². The van der Waals surface area contributed by atoms with Crippen LogP contribution in [0.5, 0.6) is 0 Å². The van der Waals surface area contributed by atoms with Gasteiger partial charge in [-0.3, -0.25) is 9.59 Å². The van der Waals surface area contributed by atoms with E-state index in [1.165, 1.54) is 12.1 Å². The fourth-order valence-corrected chi connectivity index (χ4v) is 2.12. The minimum absolute atomic E-state index is 0.0211. The normalized spacial score (nSPS) is 13.8. The number of carbonyl (C=O) groups excluding carboxylic acids is 2. The Morgan fingerprint density at radius 3 is 2.65 bits per heavy atom. The van der Waals surface area contributed by atoms with Gasteiger partial charge in [-0.2, -0.15) is 0 Å². The first kappa shape index (κ1) is 14.5. The minimum atomic E-state index is -0.621. The van der Waals surface area contributed by atoms with Gasteiger partial charge in [0.15, 0.2) is 0 Å². The quantitative estimate of drug-likeness (QED) is 0.589. The molecule has 2 amide bonds. The van der Waals surface area contributed by atoms with Gasteiger partial charge in [-0.05, 0) is 25.0 Å². The Balaban J connectivity index is 1.97. The van der Waals surface area contributed by atoms with Gasteiger partial charge in [-0.25, -0.2) is 0 Å².